The minimum atomic E-state index is -1.65. The zero-order valence-corrected chi connectivity index (χ0v) is 4.18. The molecule has 42 valence electrons. The van der Waals surface area contributed by atoms with E-state index in [1.54, 1.807) is 0 Å². The summed E-state index contributed by atoms with van der Waals surface area (Å²) in [4.78, 5) is 3.11. The standard InChI is InChI=1S/C3H9N3O/c1-5-3(4,7)6-2/h6-7H,1,4H2,2H3. The van der Waals surface area contributed by atoms with E-state index in [-0.39, 0.29) is 0 Å². The maximum Gasteiger partial charge on any atom is 0.271 e. The molecule has 0 fully saturated rings. The molecule has 0 radical (unpaired) electrons. The number of aliphatic hydroxyl groups is 1. The van der Waals surface area contributed by atoms with Crippen LogP contribution >= 0.6 is 0 Å². The van der Waals surface area contributed by atoms with Crippen LogP contribution in [0.25, 0.3) is 0 Å². The third-order valence-electron chi connectivity index (χ3n) is 0.609. The monoisotopic (exact) mass is 103 g/mol. The van der Waals surface area contributed by atoms with Gasteiger partial charge in [0.25, 0.3) is 5.97 Å². The fraction of sp³-hybridized carbons (Fsp3) is 0.667. The van der Waals surface area contributed by atoms with Gasteiger partial charge < -0.3 is 5.11 Å². The highest BCUT2D eigenvalue weighted by molar-refractivity contribution is 5.24. The van der Waals surface area contributed by atoms with Gasteiger partial charge in [0.2, 0.25) is 0 Å². The largest absolute Gasteiger partial charge is 0.345 e. The molecule has 7 heavy (non-hydrogen) atoms. The van der Waals surface area contributed by atoms with Crippen LogP contribution in [-0.4, -0.2) is 24.8 Å². The normalized spacial score (nSPS) is 18.1. The minimum Gasteiger partial charge on any atom is -0.345 e. The summed E-state index contributed by atoms with van der Waals surface area (Å²) in [6.45, 7) is 3.02. The molecule has 4 nitrogen and oxygen atoms in total. The fourth-order valence-corrected chi connectivity index (χ4v) is 0.0791. The number of rotatable bonds is 2. The van der Waals surface area contributed by atoms with Gasteiger partial charge in [-0.2, -0.15) is 0 Å². The molecule has 0 aromatic heterocycles. The lowest BCUT2D eigenvalue weighted by molar-refractivity contribution is 0.0298. The quantitative estimate of drug-likeness (QED) is 0.293. The van der Waals surface area contributed by atoms with Gasteiger partial charge in [-0.05, 0) is 13.8 Å². The highest BCUT2D eigenvalue weighted by atomic mass is 16.3. The third-order valence-corrected chi connectivity index (χ3v) is 0.609. The van der Waals surface area contributed by atoms with E-state index in [4.69, 9.17) is 10.8 Å². The Morgan fingerprint density at radius 3 is 2.43 bits per heavy atom. The van der Waals surface area contributed by atoms with Gasteiger partial charge in [0.15, 0.2) is 0 Å². The lowest BCUT2D eigenvalue weighted by Crippen LogP contribution is -2.49. The van der Waals surface area contributed by atoms with Gasteiger partial charge in [0.1, 0.15) is 0 Å². The molecular formula is C3H9N3O. The molecule has 0 aliphatic heterocycles. The molecule has 1 unspecified atom stereocenters. The van der Waals surface area contributed by atoms with Gasteiger partial charge in [-0.25, -0.2) is 4.99 Å². The van der Waals surface area contributed by atoms with Gasteiger partial charge in [-0.3, -0.25) is 11.1 Å². The number of hydrogen-bond donors (Lipinski definition) is 3. The third kappa shape index (κ3) is 2.27. The van der Waals surface area contributed by atoms with Crippen LogP contribution in [0.2, 0.25) is 0 Å². The molecule has 0 aliphatic rings. The summed E-state index contributed by atoms with van der Waals surface area (Å²) in [6.07, 6.45) is 0. The van der Waals surface area contributed by atoms with Crippen LogP contribution in [0.4, 0.5) is 0 Å². The predicted molar refractivity (Wildman–Crippen MR) is 27.7 cm³/mol. The van der Waals surface area contributed by atoms with Crippen LogP contribution < -0.4 is 11.1 Å². The molecule has 0 saturated carbocycles. The minimum absolute atomic E-state index is 1.48. The molecule has 0 amide bonds. The van der Waals surface area contributed by atoms with Crippen LogP contribution in [0.15, 0.2) is 4.99 Å². The van der Waals surface area contributed by atoms with Gasteiger partial charge in [-0.15, -0.1) is 0 Å². The van der Waals surface area contributed by atoms with Crippen LogP contribution in [0.5, 0.6) is 0 Å². The van der Waals surface area contributed by atoms with Gasteiger partial charge in [0.05, 0.1) is 0 Å². The number of nitrogens with zero attached hydrogens (tertiary/aromatic N) is 1. The van der Waals surface area contributed by atoms with Crippen molar-refractivity contribution in [2.45, 2.75) is 5.97 Å². The van der Waals surface area contributed by atoms with E-state index in [0.717, 1.165) is 0 Å². The molecule has 1 atom stereocenters. The summed E-state index contributed by atoms with van der Waals surface area (Å²) < 4.78 is 0. The van der Waals surface area contributed by atoms with Crippen LogP contribution in [-0.2, 0) is 0 Å². The van der Waals surface area contributed by atoms with E-state index in [0.29, 0.717) is 0 Å². The number of aliphatic imine (C=N–C) groups is 1. The lowest BCUT2D eigenvalue weighted by Gasteiger charge is -2.13. The van der Waals surface area contributed by atoms with Crippen molar-refractivity contribution < 1.29 is 5.11 Å². The Kier molecular flexibility index (Phi) is 1.89. The van der Waals surface area contributed by atoms with Crippen LogP contribution in [0.3, 0.4) is 0 Å². The Bertz CT molecular complexity index is 70.6. The molecule has 0 aliphatic carbocycles. The average Bonchev–Trinajstić information content (AvgIpc) is 1.68. The van der Waals surface area contributed by atoms with E-state index in [9.17, 15) is 0 Å². The Hall–Kier alpha value is -0.450. The van der Waals surface area contributed by atoms with Crippen molar-refractivity contribution in [3.63, 3.8) is 0 Å². The van der Waals surface area contributed by atoms with E-state index in [1.807, 2.05) is 0 Å². The number of hydrogen-bond acceptors (Lipinski definition) is 4. The highest BCUT2D eigenvalue weighted by Gasteiger charge is 2.11. The zero-order valence-electron chi connectivity index (χ0n) is 4.18. The first-order valence-corrected chi connectivity index (χ1v) is 1.80. The van der Waals surface area contributed by atoms with Gasteiger partial charge >= 0.3 is 0 Å². The molecular weight excluding hydrogens is 94.1 g/mol. The van der Waals surface area contributed by atoms with Gasteiger partial charge in [-0.1, -0.05) is 0 Å². The predicted octanol–water partition coefficient (Wildman–Crippen LogP) is -1.53. The highest BCUT2D eigenvalue weighted by Crippen LogP contribution is 1.83. The first kappa shape index (κ1) is 6.55. The second-order valence-corrected chi connectivity index (χ2v) is 1.13. The van der Waals surface area contributed by atoms with E-state index in [2.05, 4.69) is 17.0 Å². The Morgan fingerprint density at radius 1 is 2.00 bits per heavy atom. The molecule has 0 rings (SSSR count). The SMILES string of the molecule is C=NC(N)(O)NC. The average molecular weight is 103 g/mol. The Labute approximate surface area is 42.0 Å². The molecule has 4 heteroatoms. The second-order valence-electron chi connectivity index (χ2n) is 1.13. The lowest BCUT2D eigenvalue weighted by atomic mass is 10.8. The van der Waals surface area contributed by atoms with Crippen molar-refractivity contribution in [3.05, 3.63) is 0 Å². The first-order chi connectivity index (χ1) is 3.12. The summed E-state index contributed by atoms with van der Waals surface area (Å²) >= 11 is 0. The van der Waals surface area contributed by atoms with E-state index < -0.39 is 5.97 Å². The van der Waals surface area contributed by atoms with Gasteiger partial charge in [0, 0.05) is 0 Å². The summed E-state index contributed by atoms with van der Waals surface area (Å²) in [7, 11) is 1.48. The fourth-order valence-electron chi connectivity index (χ4n) is 0.0791. The summed E-state index contributed by atoms with van der Waals surface area (Å²) in [5.74, 6) is -1.65. The summed E-state index contributed by atoms with van der Waals surface area (Å²) in [5, 5.41) is 10.9. The topological polar surface area (TPSA) is 70.6 Å². The Balaban J connectivity index is 3.58. The van der Waals surface area contributed by atoms with Crippen molar-refractivity contribution in [1.82, 2.24) is 5.32 Å². The molecule has 4 N–H and O–H groups in total. The second kappa shape index (κ2) is 2.02. The van der Waals surface area contributed by atoms with E-state index in [1.165, 1.54) is 7.05 Å². The summed E-state index contributed by atoms with van der Waals surface area (Å²) in [6, 6.07) is 0. The van der Waals surface area contributed by atoms with Crippen LogP contribution in [0, 0.1) is 0 Å². The molecule has 0 aromatic rings. The van der Waals surface area contributed by atoms with Crippen molar-refractivity contribution >= 4 is 6.72 Å². The smallest absolute Gasteiger partial charge is 0.271 e. The molecule has 0 aromatic carbocycles. The number of nitrogens with one attached hydrogen (secondary N) is 1. The molecule has 0 bridgehead atoms. The molecule has 0 saturated heterocycles. The van der Waals surface area contributed by atoms with Crippen molar-refractivity contribution in [2.75, 3.05) is 7.05 Å². The summed E-state index contributed by atoms with van der Waals surface area (Å²) in [5.41, 5.74) is 4.93. The van der Waals surface area contributed by atoms with Crippen LogP contribution in [0.1, 0.15) is 0 Å². The van der Waals surface area contributed by atoms with Crippen molar-refractivity contribution in [2.24, 2.45) is 10.7 Å². The van der Waals surface area contributed by atoms with E-state index >= 15 is 0 Å². The zero-order chi connectivity index (χ0) is 5.91. The van der Waals surface area contributed by atoms with Crippen molar-refractivity contribution in [1.29, 1.82) is 0 Å². The molecule has 0 spiro atoms. The number of nitrogens with two attached hydrogens (primary N) is 1. The maximum absolute atomic E-state index is 8.57. The Morgan fingerprint density at radius 2 is 2.43 bits per heavy atom. The maximum atomic E-state index is 8.57. The van der Waals surface area contributed by atoms with Crippen molar-refractivity contribution in [3.8, 4) is 0 Å². The molecule has 0 heterocycles. The first-order valence-electron chi connectivity index (χ1n) is 1.80.